The fourth-order valence-corrected chi connectivity index (χ4v) is 5.82. The van der Waals surface area contributed by atoms with Gasteiger partial charge in [0.05, 0.1) is 18.2 Å². The summed E-state index contributed by atoms with van der Waals surface area (Å²) < 4.78 is 11.7. The zero-order chi connectivity index (χ0) is 21.9. The monoisotopic (exact) mass is 417 g/mol. The van der Waals surface area contributed by atoms with Crippen LogP contribution >= 0.6 is 0 Å². The summed E-state index contributed by atoms with van der Waals surface area (Å²) >= 11 is 0. The van der Waals surface area contributed by atoms with Crippen molar-refractivity contribution in [2.75, 3.05) is 12.0 Å². The summed E-state index contributed by atoms with van der Waals surface area (Å²) in [5, 5.41) is 10.4. The highest BCUT2D eigenvalue weighted by Gasteiger charge is 2.38. The van der Waals surface area contributed by atoms with Crippen molar-refractivity contribution in [2.24, 2.45) is 0 Å². The number of anilines is 1. The predicted molar refractivity (Wildman–Crippen MR) is 126 cm³/mol. The Balaban J connectivity index is 1.74. The molecule has 0 aromatic heterocycles. The van der Waals surface area contributed by atoms with Gasteiger partial charge in [-0.1, -0.05) is 23.8 Å². The molecule has 0 radical (unpaired) electrons. The summed E-state index contributed by atoms with van der Waals surface area (Å²) in [7, 11) is 1.59. The maximum atomic E-state index is 10.4. The highest BCUT2D eigenvalue weighted by Crippen LogP contribution is 2.52. The molecule has 2 aliphatic heterocycles. The average Bonchev–Trinajstić information content (AvgIpc) is 2.72. The minimum atomic E-state index is -0.0759. The first-order valence-corrected chi connectivity index (χ1v) is 11.2. The van der Waals surface area contributed by atoms with Gasteiger partial charge in [0.15, 0.2) is 11.5 Å². The highest BCUT2D eigenvalue weighted by molar-refractivity contribution is 5.92. The summed E-state index contributed by atoms with van der Waals surface area (Å²) in [5.41, 5.74) is 8.29. The van der Waals surface area contributed by atoms with Crippen LogP contribution in [0.1, 0.15) is 58.1 Å². The summed E-state index contributed by atoms with van der Waals surface area (Å²) in [5.74, 6) is 1.36. The van der Waals surface area contributed by atoms with E-state index in [0.717, 1.165) is 16.9 Å². The molecule has 2 aromatic carbocycles. The lowest BCUT2D eigenvalue weighted by Gasteiger charge is -2.49. The number of ether oxygens (including phenoxy) is 2. The van der Waals surface area contributed by atoms with Crippen LogP contribution in [0.25, 0.3) is 16.7 Å². The molecule has 2 aromatic rings. The Morgan fingerprint density at radius 3 is 2.68 bits per heavy atom. The first kappa shape index (κ1) is 20.0. The van der Waals surface area contributed by atoms with Crippen LogP contribution in [0.3, 0.4) is 0 Å². The third-order valence-corrected chi connectivity index (χ3v) is 6.96. The molecule has 0 saturated heterocycles. The molecule has 31 heavy (non-hydrogen) atoms. The molecule has 162 valence electrons. The third-order valence-electron chi connectivity index (χ3n) is 6.96. The van der Waals surface area contributed by atoms with Gasteiger partial charge in [-0.2, -0.15) is 0 Å². The normalized spacial score (nSPS) is 21.2. The van der Waals surface area contributed by atoms with E-state index in [-0.39, 0.29) is 11.3 Å². The minimum absolute atomic E-state index is 0.0759. The van der Waals surface area contributed by atoms with Gasteiger partial charge in [-0.15, -0.1) is 0 Å². The molecule has 3 aliphatic rings. The van der Waals surface area contributed by atoms with E-state index in [2.05, 4.69) is 56.9 Å². The van der Waals surface area contributed by atoms with Crippen molar-refractivity contribution in [3.63, 3.8) is 0 Å². The second-order valence-electron chi connectivity index (χ2n) is 9.59. The smallest absolute Gasteiger partial charge is 0.172 e. The van der Waals surface area contributed by atoms with Crippen LogP contribution in [0.4, 0.5) is 5.69 Å². The standard InChI is InChI=1S/C27H31NO3/c1-16-7-6-8-18(13-16)28-21-10-9-19-20(24(21)17(2)14-27(28,3)4)15-31-23-12-11-22(29)26(30-5)25(19)23/h9-14,18,29H,6-8,15H2,1-5H3/t18-/m0/s1. The van der Waals surface area contributed by atoms with Crippen LogP contribution in [-0.4, -0.2) is 23.8 Å². The van der Waals surface area contributed by atoms with E-state index >= 15 is 0 Å². The lowest BCUT2D eigenvalue weighted by Crippen LogP contribution is -2.51. The second kappa shape index (κ2) is 7.08. The fourth-order valence-electron chi connectivity index (χ4n) is 5.82. The maximum Gasteiger partial charge on any atom is 0.172 e. The van der Waals surface area contributed by atoms with E-state index in [1.165, 1.54) is 47.2 Å². The Bertz CT molecular complexity index is 1130. The highest BCUT2D eigenvalue weighted by atomic mass is 16.5. The second-order valence-corrected chi connectivity index (χ2v) is 9.59. The zero-order valence-electron chi connectivity index (χ0n) is 19.1. The van der Waals surface area contributed by atoms with Crippen LogP contribution in [-0.2, 0) is 6.61 Å². The van der Waals surface area contributed by atoms with Crippen LogP contribution in [0.5, 0.6) is 17.2 Å². The lowest BCUT2D eigenvalue weighted by atomic mass is 9.80. The Labute approximate surface area is 184 Å². The van der Waals surface area contributed by atoms with Gasteiger partial charge in [0.1, 0.15) is 12.4 Å². The van der Waals surface area contributed by atoms with Crippen molar-refractivity contribution in [3.8, 4) is 28.4 Å². The first-order valence-electron chi connectivity index (χ1n) is 11.2. The van der Waals surface area contributed by atoms with Crippen molar-refractivity contribution in [3.05, 3.63) is 53.1 Å². The largest absolute Gasteiger partial charge is 0.504 e. The van der Waals surface area contributed by atoms with E-state index in [0.29, 0.717) is 18.4 Å². The number of benzene rings is 2. The zero-order valence-corrected chi connectivity index (χ0v) is 19.1. The van der Waals surface area contributed by atoms with Gasteiger partial charge in [-0.05, 0) is 76.3 Å². The van der Waals surface area contributed by atoms with E-state index in [1.54, 1.807) is 13.2 Å². The van der Waals surface area contributed by atoms with Gasteiger partial charge < -0.3 is 19.5 Å². The van der Waals surface area contributed by atoms with Crippen molar-refractivity contribution in [1.29, 1.82) is 0 Å². The molecule has 2 heterocycles. The molecule has 1 atom stereocenters. The van der Waals surface area contributed by atoms with E-state index in [4.69, 9.17) is 9.47 Å². The number of hydrogen-bond acceptors (Lipinski definition) is 4. The molecular weight excluding hydrogens is 386 g/mol. The van der Waals surface area contributed by atoms with Crippen molar-refractivity contribution in [2.45, 2.75) is 65.1 Å². The maximum absolute atomic E-state index is 10.4. The SMILES string of the molecule is COc1c(O)ccc2c1-c1ccc3c(c1CO2)C(C)=CC(C)(C)N3[C@@H]1C=C(C)CCC1. The van der Waals surface area contributed by atoms with Gasteiger partial charge in [0.25, 0.3) is 0 Å². The first-order chi connectivity index (χ1) is 14.8. The molecule has 0 unspecified atom stereocenters. The number of hydrogen-bond donors (Lipinski definition) is 1. The van der Waals surface area contributed by atoms with Crippen molar-refractivity contribution >= 4 is 11.3 Å². The van der Waals surface area contributed by atoms with Gasteiger partial charge in [0.2, 0.25) is 0 Å². The molecule has 1 N–H and O–H groups in total. The number of allylic oxidation sites excluding steroid dienone is 2. The average molecular weight is 418 g/mol. The number of rotatable bonds is 2. The molecule has 0 saturated carbocycles. The summed E-state index contributed by atoms with van der Waals surface area (Å²) in [4.78, 5) is 2.59. The van der Waals surface area contributed by atoms with Gasteiger partial charge in [-0.25, -0.2) is 0 Å². The fraction of sp³-hybridized carbons (Fsp3) is 0.407. The number of phenolic OH excluding ortho intramolecular Hbond substituents is 1. The summed E-state index contributed by atoms with van der Waals surface area (Å²) in [6.07, 6.45) is 8.45. The Morgan fingerprint density at radius 1 is 1.13 bits per heavy atom. The number of phenols is 1. The molecule has 4 heteroatoms. The molecule has 5 rings (SSSR count). The van der Waals surface area contributed by atoms with E-state index < -0.39 is 0 Å². The Morgan fingerprint density at radius 2 is 1.94 bits per heavy atom. The van der Waals surface area contributed by atoms with Crippen LogP contribution in [0, 0.1) is 0 Å². The number of aromatic hydroxyl groups is 1. The number of methoxy groups -OCH3 is 1. The van der Waals surface area contributed by atoms with Crippen LogP contribution < -0.4 is 14.4 Å². The quantitative estimate of drug-likeness (QED) is 0.569. The van der Waals surface area contributed by atoms with Gasteiger partial charge >= 0.3 is 0 Å². The Kier molecular flexibility index (Phi) is 4.58. The lowest BCUT2D eigenvalue weighted by molar-refractivity contribution is 0.296. The topological polar surface area (TPSA) is 41.9 Å². The molecule has 0 bridgehead atoms. The molecule has 4 nitrogen and oxygen atoms in total. The summed E-state index contributed by atoms with van der Waals surface area (Å²) in [6, 6.07) is 8.28. The molecule has 0 fully saturated rings. The molecule has 1 aliphatic carbocycles. The molecular formula is C27H31NO3. The van der Waals surface area contributed by atoms with Crippen molar-refractivity contribution in [1.82, 2.24) is 0 Å². The van der Waals surface area contributed by atoms with E-state index in [1.807, 2.05) is 6.07 Å². The van der Waals surface area contributed by atoms with Gasteiger partial charge in [0, 0.05) is 22.9 Å². The predicted octanol–water partition coefficient (Wildman–Crippen LogP) is 6.46. The summed E-state index contributed by atoms with van der Waals surface area (Å²) in [6.45, 7) is 9.59. The van der Waals surface area contributed by atoms with E-state index in [9.17, 15) is 5.11 Å². The number of fused-ring (bicyclic) bond motifs is 5. The van der Waals surface area contributed by atoms with Crippen molar-refractivity contribution < 1.29 is 14.6 Å². The van der Waals surface area contributed by atoms with Gasteiger partial charge in [-0.3, -0.25) is 0 Å². The Hall–Kier alpha value is -2.88. The molecule has 0 amide bonds. The van der Waals surface area contributed by atoms with Crippen LogP contribution in [0.2, 0.25) is 0 Å². The van der Waals surface area contributed by atoms with Crippen LogP contribution in [0.15, 0.2) is 42.0 Å². The minimum Gasteiger partial charge on any atom is -0.504 e. The molecule has 0 spiro atoms. The number of nitrogens with zero attached hydrogens (tertiary/aromatic N) is 1. The third kappa shape index (κ3) is 3.03.